The molecule has 1 aromatic carbocycles. The monoisotopic (exact) mass is 946 g/mol. The predicted octanol–water partition coefficient (Wildman–Crippen LogP) is 12.9. The van der Waals surface area contributed by atoms with E-state index in [-0.39, 0.29) is 33.4 Å². The predicted molar refractivity (Wildman–Crippen MR) is 279 cm³/mol. The van der Waals surface area contributed by atoms with Gasteiger partial charge in [0.15, 0.2) is 5.69 Å². The minimum atomic E-state index is -1.11. The minimum Gasteiger partial charge on any atom is -0.476 e. The van der Waals surface area contributed by atoms with Crippen LogP contribution in [0, 0.1) is 28.6 Å². The molecule has 2 atom stereocenters. The fourth-order valence-electron chi connectivity index (χ4n) is 13.7. The maximum atomic E-state index is 13.0. The first-order valence-electron chi connectivity index (χ1n) is 26.0. The van der Waals surface area contributed by atoms with Gasteiger partial charge in [0, 0.05) is 42.0 Å². The standard InChI is InChI=1S/C55H79N9O3S/c1-7-8-9-10-11-12-13-14-15-16-17-20-27-62(6)29-30-67-55-35-52(4)32-53(5,36-55)34-54(33-52,37-55)38-64-40(3)43(31-58-64)42-25-26-46(60-47(42)50(65)66)63-28-21-22-41(49(63)57)39(2)48(56)61-51-59-44-23-18-19-24-45(44)68-51/h18-19,23-26,31,57H,7-17,20-22,27-30,32-38H2,1-6H3,(H,65,66)(H2,56,59,61)/b41-39-,57-49?. The molecule has 0 radical (unpaired) electrons. The number of para-hydroxylation sites is 1. The van der Waals surface area contributed by atoms with Crippen molar-refractivity contribution in [2.24, 2.45) is 27.0 Å². The van der Waals surface area contributed by atoms with Gasteiger partial charge in [-0.15, -0.1) is 0 Å². The Labute approximate surface area is 409 Å². The summed E-state index contributed by atoms with van der Waals surface area (Å²) in [5.41, 5.74) is 11.4. The van der Waals surface area contributed by atoms with E-state index in [0.717, 1.165) is 91.8 Å². The van der Waals surface area contributed by atoms with Crippen molar-refractivity contribution in [1.82, 2.24) is 24.6 Å². The Morgan fingerprint density at radius 2 is 1.57 bits per heavy atom. The summed E-state index contributed by atoms with van der Waals surface area (Å²) >= 11 is 1.47. The zero-order chi connectivity index (χ0) is 48.1. The van der Waals surface area contributed by atoms with Crippen molar-refractivity contribution in [2.45, 2.75) is 175 Å². The number of aromatic carboxylic acids is 1. The van der Waals surface area contributed by atoms with Crippen LogP contribution < -0.4 is 10.6 Å². The number of ether oxygens (including phenoxy) is 1. The first-order chi connectivity index (χ1) is 32.6. The Kier molecular flexibility index (Phi) is 15.6. The quantitative estimate of drug-likeness (QED) is 0.0353. The number of carbonyl (C=O) groups is 1. The molecule has 1 aliphatic heterocycles. The van der Waals surface area contributed by atoms with Gasteiger partial charge in [0.2, 0.25) is 5.13 Å². The molecule has 4 heterocycles. The van der Waals surface area contributed by atoms with E-state index < -0.39 is 5.97 Å². The second-order valence-corrected chi connectivity index (χ2v) is 23.3. The number of piperidine rings is 1. The summed E-state index contributed by atoms with van der Waals surface area (Å²) in [6.45, 7) is 15.4. The number of thiazole rings is 1. The van der Waals surface area contributed by atoms with Gasteiger partial charge >= 0.3 is 5.97 Å². The van der Waals surface area contributed by atoms with Gasteiger partial charge in [0.1, 0.15) is 17.5 Å². The number of carboxylic acids is 1. The van der Waals surface area contributed by atoms with Crippen LogP contribution in [-0.2, 0) is 11.3 Å². The Morgan fingerprint density at radius 1 is 0.897 bits per heavy atom. The third kappa shape index (κ3) is 11.4. The van der Waals surface area contributed by atoms with Crippen LogP contribution in [0.15, 0.2) is 58.7 Å². The lowest BCUT2D eigenvalue weighted by Crippen LogP contribution is -2.64. The molecule has 368 valence electrons. The van der Waals surface area contributed by atoms with Crippen LogP contribution in [0.1, 0.15) is 172 Å². The first-order valence-corrected chi connectivity index (χ1v) is 26.8. The summed E-state index contributed by atoms with van der Waals surface area (Å²) in [5, 5.41) is 25.4. The molecule has 1 saturated heterocycles. The highest BCUT2D eigenvalue weighted by Crippen LogP contribution is 2.72. The molecular weight excluding hydrogens is 867 g/mol. The average Bonchev–Trinajstić information content (AvgIpc) is 3.86. The maximum Gasteiger partial charge on any atom is 0.355 e. The van der Waals surface area contributed by atoms with Crippen LogP contribution in [-0.4, -0.2) is 86.3 Å². The number of amidine groups is 2. The normalized spacial score (nSPS) is 25.6. The van der Waals surface area contributed by atoms with Crippen LogP contribution in [0.3, 0.4) is 0 Å². The number of fused-ring (bicyclic) bond motifs is 1. The Morgan fingerprint density at radius 3 is 2.25 bits per heavy atom. The molecule has 4 N–H and O–H groups in total. The SMILES string of the molecule is CCCCCCCCCCCCCCN(C)CCOC12CC3(C)CC(C)(CC(Cn4ncc(-c5ccc(N6CCC/C(=C(C)/C(N)=N/c7nc8ccccc8s7)C6=N)nc5C(=O)O)c4C)(C3)C1)C2. The van der Waals surface area contributed by atoms with Crippen LogP contribution in [0.4, 0.5) is 10.9 Å². The lowest BCUT2D eigenvalue weighted by molar-refractivity contribution is -0.248. The minimum absolute atomic E-state index is 0.0471. The van der Waals surface area contributed by atoms with Gasteiger partial charge in [-0.05, 0) is 131 Å². The average molecular weight is 946 g/mol. The maximum absolute atomic E-state index is 13.0. The Hall–Kier alpha value is -4.46. The third-order valence-corrected chi connectivity index (χ3v) is 16.8. The van der Waals surface area contributed by atoms with E-state index in [1.165, 1.54) is 94.8 Å². The van der Waals surface area contributed by atoms with Gasteiger partial charge in [0.25, 0.3) is 0 Å². The molecule has 4 aliphatic carbocycles. The third-order valence-electron chi connectivity index (χ3n) is 15.9. The zero-order valence-electron chi connectivity index (χ0n) is 42.1. The van der Waals surface area contributed by atoms with Crippen molar-refractivity contribution in [3.63, 3.8) is 0 Å². The number of likely N-dealkylation sites (N-methyl/N-ethyl adjacent to an activating group) is 1. The number of nitrogens with zero attached hydrogens (tertiary/aromatic N) is 7. The molecule has 4 aromatic rings. The second-order valence-electron chi connectivity index (χ2n) is 22.2. The number of hydrogen-bond acceptors (Lipinski definition) is 9. The molecular formula is C55H79N9O3S. The number of nitrogens with one attached hydrogen (secondary N) is 1. The molecule has 0 amide bonds. The highest BCUT2D eigenvalue weighted by Gasteiger charge is 2.66. The summed E-state index contributed by atoms with van der Waals surface area (Å²) < 4.78 is 10.3. The Balaban J connectivity index is 0.894. The van der Waals surface area contributed by atoms with Crippen molar-refractivity contribution in [2.75, 3.05) is 38.2 Å². The molecule has 4 bridgehead atoms. The van der Waals surface area contributed by atoms with Crippen molar-refractivity contribution in [1.29, 1.82) is 5.41 Å². The molecule has 12 nitrogen and oxygen atoms in total. The van der Waals surface area contributed by atoms with Crippen molar-refractivity contribution in [3.05, 3.63) is 65.1 Å². The van der Waals surface area contributed by atoms with Gasteiger partial charge < -0.3 is 25.4 Å². The number of rotatable bonds is 24. The van der Waals surface area contributed by atoms with Gasteiger partial charge in [-0.3, -0.25) is 10.1 Å². The highest BCUT2D eigenvalue weighted by molar-refractivity contribution is 7.22. The van der Waals surface area contributed by atoms with Gasteiger partial charge in [0.05, 0.1) is 28.6 Å². The molecule has 2 unspecified atom stereocenters. The lowest BCUT2D eigenvalue weighted by atomic mass is 9.39. The number of aromatic nitrogens is 4. The van der Waals surface area contributed by atoms with E-state index >= 15 is 0 Å². The Bertz CT molecular complexity index is 2440. The molecule has 9 rings (SSSR count). The second kappa shape index (κ2) is 21.3. The van der Waals surface area contributed by atoms with Crippen molar-refractivity contribution in [3.8, 4) is 11.1 Å². The molecule has 68 heavy (non-hydrogen) atoms. The van der Waals surface area contributed by atoms with Gasteiger partial charge in [-0.25, -0.2) is 19.8 Å². The van der Waals surface area contributed by atoms with Crippen LogP contribution in [0.5, 0.6) is 0 Å². The van der Waals surface area contributed by atoms with E-state index in [1.54, 1.807) is 4.90 Å². The van der Waals surface area contributed by atoms with Crippen LogP contribution >= 0.6 is 11.3 Å². The number of unbranched alkanes of at least 4 members (excludes halogenated alkanes) is 11. The van der Waals surface area contributed by atoms with Crippen LogP contribution in [0.25, 0.3) is 21.3 Å². The topological polar surface area (TPSA) is 159 Å². The van der Waals surface area contributed by atoms with E-state index in [9.17, 15) is 15.3 Å². The van der Waals surface area contributed by atoms with E-state index in [1.807, 2.05) is 49.5 Å². The number of hydrogen-bond donors (Lipinski definition) is 3. The summed E-state index contributed by atoms with van der Waals surface area (Å²) in [7, 11) is 2.26. The van der Waals surface area contributed by atoms with Crippen LogP contribution in [0.2, 0.25) is 0 Å². The number of anilines is 1. The lowest BCUT2D eigenvalue weighted by Gasteiger charge is -2.69. The number of benzene rings is 1. The zero-order valence-corrected chi connectivity index (χ0v) is 42.9. The van der Waals surface area contributed by atoms with Crippen molar-refractivity contribution < 1.29 is 14.6 Å². The first kappa shape index (κ1) is 49.9. The van der Waals surface area contributed by atoms with E-state index in [4.69, 9.17) is 20.6 Å². The molecule has 13 heteroatoms. The molecule has 5 aliphatic rings. The van der Waals surface area contributed by atoms with E-state index in [0.29, 0.717) is 40.9 Å². The summed E-state index contributed by atoms with van der Waals surface area (Å²) in [4.78, 5) is 31.2. The number of pyridine rings is 1. The largest absolute Gasteiger partial charge is 0.476 e. The molecule has 5 fully saturated rings. The highest BCUT2D eigenvalue weighted by atomic mass is 32.1. The smallest absolute Gasteiger partial charge is 0.355 e. The van der Waals surface area contributed by atoms with Gasteiger partial charge in [-0.1, -0.05) is 115 Å². The van der Waals surface area contributed by atoms with Crippen molar-refractivity contribution >= 4 is 50.1 Å². The fraction of sp³-hybridized carbons (Fsp3) is 0.636. The fourth-order valence-corrected chi connectivity index (χ4v) is 14.6. The summed E-state index contributed by atoms with van der Waals surface area (Å²) in [6.07, 6.45) is 26.6. The number of aliphatic imine (C=N–C) groups is 1. The van der Waals surface area contributed by atoms with Gasteiger partial charge in [-0.2, -0.15) is 5.10 Å². The van der Waals surface area contributed by atoms with E-state index in [2.05, 4.69) is 54.3 Å². The summed E-state index contributed by atoms with van der Waals surface area (Å²) in [5.74, 6) is -0.130. The molecule has 4 saturated carbocycles. The number of carboxylic acid groups (broad SMARTS) is 1. The summed E-state index contributed by atoms with van der Waals surface area (Å²) in [6, 6.07) is 11.6. The molecule has 0 spiro atoms. The molecule has 3 aromatic heterocycles. The number of nitrogens with two attached hydrogens (primary N) is 1.